The Morgan fingerprint density at radius 1 is 1.35 bits per heavy atom. The van der Waals surface area contributed by atoms with Gasteiger partial charge in [0.1, 0.15) is 11.9 Å². The highest BCUT2D eigenvalue weighted by Gasteiger charge is 2.19. The van der Waals surface area contributed by atoms with Gasteiger partial charge in [-0.05, 0) is 37.7 Å². The zero-order valence-corrected chi connectivity index (χ0v) is 10.1. The second-order valence-electron chi connectivity index (χ2n) is 4.80. The lowest BCUT2D eigenvalue weighted by Crippen LogP contribution is -2.23. The lowest BCUT2D eigenvalue weighted by atomic mass is 9.89. The molecule has 17 heavy (non-hydrogen) atoms. The number of hydrogen-bond donors (Lipinski definition) is 2. The summed E-state index contributed by atoms with van der Waals surface area (Å²) >= 11 is 0. The Balaban J connectivity index is 1.92. The van der Waals surface area contributed by atoms with Gasteiger partial charge in [0.25, 0.3) is 0 Å². The minimum absolute atomic E-state index is 0.0375. The van der Waals surface area contributed by atoms with Crippen LogP contribution in [0.1, 0.15) is 38.2 Å². The van der Waals surface area contributed by atoms with Crippen molar-refractivity contribution in [3.8, 4) is 5.88 Å². The number of hydrogen-bond acceptors (Lipinski definition) is 3. The number of aromatic nitrogens is 1. The van der Waals surface area contributed by atoms with E-state index in [1.54, 1.807) is 18.3 Å². The lowest BCUT2D eigenvalue weighted by molar-refractivity contribution is 0.130. The number of nitrogens with zero attached hydrogens (tertiary/aromatic N) is 1. The molecule has 0 amide bonds. The molecular weight excluding hydrogens is 214 g/mol. The minimum atomic E-state index is 0.0375. The first-order valence-corrected chi connectivity index (χ1v) is 6.12. The van der Waals surface area contributed by atoms with Crippen molar-refractivity contribution in [2.24, 2.45) is 11.7 Å². The molecule has 0 atom stereocenters. The molecule has 0 unspecified atom stereocenters. The number of amidine groups is 1. The molecule has 3 N–H and O–H groups in total. The fraction of sp³-hybridized carbons (Fsp3) is 0.538. The summed E-state index contributed by atoms with van der Waals surface area (Å²) in [5.74, 6) is 1.49. The first-order valence-electron chi connectivity index (χ1n) is 6.12. The maximum Gasteiger partial charge on any atom is 0.213 e. The minimum Gasteiger partial charge on any atom is -0.474 e. The number of ether oxygens (including phenoxy) is 1. The van der Waals surface area contributed by atoms with Crippen molar-refractivity contribution in [3.63, 3.8) is 0 Å². The SMILES string of the molecule is CC1CCC(Oc2ccc(C(=N)N)cn2)CC1. The molecule has 1 saturated carbocycles. The molecule has 1 heterocycles. The third-order valence-electron chi connectivity index (χ3n) is 3.30. The van der Waals surface area contributed by atoms with Gasteiger partial charge in [-0.2, -0.15) is 0 Å². The molecule has 4 nitrogen and oxygen atoms in total. The Morgan fingerprint density at radius 3 is 2.59 bits per heavy atom. The summed E-state index contributed by atoms with van der Waals surface area (Å²) in [5.41, 5.74) is 6.00. The van der Waals surface area contributed by atoms with E-state index in [4.69, 9.17) is 15.9 Å². The average molecular weight is 233 g/mol. The third kappa shape index (κ3) is 3.19. The zero-order chi connectivity index (χ0) is 12.3. The van der Waals surface area contributed by atoms with Crippen LogP contribution < -0.4 is 10.5 Å². The van der Waals surface area contributed by atoms with E-state index in [0.29, 0.717) is 17.5 Å². The Hall–Kier alpha value is -1.58. The molecule has 0 saturated heterocycles. The van der Waals surface area contributed by atoms with Crippen molar-refractivity contribution in [2.45, 2.75) is 38.7 Å². The maximum absolute atomic E-state index is 7.28. The molecule has 4 heteroatoms. The Morgan fingerprint density at radius 2 is 2.06 bits per heavy atom. The van der Waals surface area contributed by atoms with Crippen LogP contribution in [-0.4, -0.2) is 16.9 Å². The van der Waals surface area contributed by atoms with Crippen LogP contribution in [0.3, 0.4) is 0 Å². The van der Waals surface area contributed by atoms with Crippen molar-refractivity contribution in [1.82, 2.24) is 4.98 Å². The van der Waals surface area contributed by atoms with Crippen LogP contribution in [0.25, 0.3) is 0 Å². The lowest BCUT2D eigenvalue weighted by Gasteiger charge is -2.26. The summed E-state index contributed by atoms with van der Waals surface area (Å²) in [6, 6.07) is 3.56. The molecule has 1 aromatic rings. The first kappa shape index (κ1) is 11.9. The van der Waals surface area contributed by atoms with Crippen molar-refractivity contribution in [3.05, 3.63) is 23.9 Å². The highest BCUT2D eigenvalue weighted by atomic mass is 16.5. The van der Waals surface area contributed by atoms with E-state index < -0.39 is 0 Å². The standard InChI is InChI=1S/C13H19N3O/c1-9-2-5-11(6-3-9)17-12-7-4-10(8-16-12)13(14)15/h4,7-9,11H,2-3,5-6H2,1H3,(H3,14,15). The van der Waals surface area contributed by atoms with Crippen molar-refractivity contribution in [1.29, 1.82) is 5.41 Å². The predicted molar refractivity (Wildman–Crippen MR) is 67.3 cm³/mol. The van der Waals surface area contributed by atoms with Crippen molar-refractivity contribution >= 4 is 5.84 Å². The number of pyridine rings is 1. The van der Waals surface area contributed by atoms with Crippen LogP contribution in [0.4, 0.5) is 0 Å². The van der Waals surface area contributed by atoms with Crippen molar-refractivity contribution in [2.75, 3.05) is 0 Å². The first-order chi connectivity index (χ1) is 8.15. The molecule has 1 fully saturated rings. The van der Waals surface area contributed by atoms with E-state index in [1.807, 2.05) is 0 Å². The van der Waals surface area contributed by atoms with Gasteiger partial charge in [0.05, 0.1) is 0 Å². The van der Waals surface area contributed by atoms with E-state index in [2.05, 4.69) is 11.9 Å². The van der Waals surface area contributed by atoms with Crippen LogP contribution in [0.5, 0.6) is 5.88 Å². The number of nitrogen functional groups attached to an aromatic ring is 1. The largest absolute Gasteiger partial charge is 0.474 e. The van der Waals surface area contributed by atoms with Gasteiger partial charge in [-0.1, -0.05) is 6.92 Å². The van der Waals surface area contributed by atoms with Gasteiger partial charge in [0.15, 0.2) is 0 Å². The van der Waals surface area contributed by atoms with Crippen molar-refractivity contribution < 1.29 is 4.74 Å². The summed E-state index contributed by atoms with van der Waals surface area (Å²) in [6.45, 7) is 2.29. The van der Waals surface area contributed by atoms with Gasteiger partial charge in [-0.15, -0.1) is 0 Å². The van der Waals surface area contributed by atoms with Gasteiger partial charge < -0.3 is 10.5 Å². The van der Waals surface area contributed by atoms with Crippen LogP contribution >= 0.6 is 0 Å². The zero-order valence-electron chi connectivity index (χ0n) is 10.1. The molecule has 2 rings (SSSR count). The summed E-state index contributed by atoms with van der Waals surface area (Å²) in [4.78, 5) is 4.17. The molecule has 0 aliphatic heterocycles. The monoisotopic (exact) mass is 233 g/mol. The van der Waals surface area contributed by atoms with E-state index in [1.165, 1.54) is 12.8 Å². The molecule has 0 aromatic carbocycles. The van der Waals surface area contributed by atoms with Crippen LogP contribution in [-0.2, 0) is 0 Å². The Kier molecular flexibility index (Phi) is 3.61. The summed E-state index contributed by atoms with van der Waals surface area (Å²) < 4.78 is 5.82. The Labute approximate surface area is 102 Å². The van der Waals surface area contributed by atoms with Gasteiger partial charge in [0.2, 0.25) is 5.88 Å². The quantitative estimate of drug-likeness (QED) is 0.621. The second kappa shape index (κ2) is 5.17. The van der Waals surface area contributed by atoms with Gasteiger partial charge in [-0.3, -0.25) is 5.41 Å². The highest BCUT2D eigenvalue weighted by Crippen LogP contribution is 2.26. The van der Waals surface area contributed by atoms with E-state index in [9.17, 15) is 0 Å². The molecular formula is C13H19N3O. The summed E-state index contributed by atoms with van der Waals surface area (Å²) in [6.07, 6.45) is 6.56. The normalized spacial score (nSPS) is 24.3. The molecule has 92 valence electrons. The van der Waals surface area contributed by atoms with Gasteiger partial charge >= 0.3 is 0 Å². The average Bonchev–Trinajstić information content (AvgIpc) is 2.33. The van der Waals surface area contributed by atoms with Crippen LogP contribution in [0.2, 0.25) is 0 Å². The van der Waals surface area contributed by atoms with Gasteiger partial charge in [0, 0.05) is 17.8 Å². The maximum atomic E-state index is 7.28. The van der Waals surface area contributed by atoms with E-state index in [0.717, 1.165) is 18.8 Å². The molecule has 1 aromatic heterocycles. The highest BCUT2D eigenvalue weighted by molar-refractivity contribution is 5.94. The molecule has 0 bridgehead atoms. The number of nitrogens with one attached hydrogen (secondary N) is 1. The third-order valence-corrected chi connectivity index (χ3v) is 3.30. The second-order valence-corrected chi connectivity index (χ2v) is 4.80. The fourth-order valence-corrected chi connectivity index (χ4v) is 2.13. The fourth-order valence-electron chi connectivity index (χ4n) is 2.13. The van der Waals surface area contributed by atoms with Gasteiger partial charge in [-0.25, -0.2) is 4.98 Å². The van der Waals surface area contributed by atoms with E-state index >= 15 is 0 Å². The predicted octanol–water partition coefficient (Wildman–Crippen LogP) is 2.32. The number of nitrogens with two attached hydrogens (primary N) is 1. The summed E-state index contributed by atoms with van der Waals surface area (Å²) in [5, 5.41) is 7.28. The number of rotatable bonds is 3. The van der Waals surface area contributed by atoms with E-state index in [-0.39, 0.29) is 5.84 Å². The molecule has 0 radical (unpaired) electrons. The molecule has 0 spiro atoms. The summed E-state index contributed by atoms with van der Waals surface area (Å²) in [7, 11) is 0. The topological polar surface area (TPSA) is 72.0 Å². The molecule has 1 aliphatic carbocycles. The smallest absolute Gasteiger partial charge is 0.213 e. The van der Waals surface area contributed by atoms with Crippen LogP contribution in [0.15, 0.2) is 18.3 Å². The van der Waals surface area contributed by atoms with Crippen LogP contribution in [0, 0.1) is 11.3 Å². The Bertz CT molecular complexity index is 380. The molecule has 1 aliphatic rings.